The van der Waals surface area contributed by atoms with Crippen molar-refractivity contribution in [1.29, 1.82) is 5.41 Å². The summed E-state index contributed by atoms with van der Waals surface area (Å²) >= 11 is 0. The summed E-state index contributed by atoms with van der Waals surface area (Å²) in [6, 6.07) is 0. The number of aryl methyl sites for hydroxylation is 1. The fourth-order valence-corrected chi connectivity index (χ4v) is 1.84. The van der Waals surface area contributed by atoms with E-state index in [1.807, 2.05) is 6.20 Å². The van der Waals surface area contributed by atoms with Crippen molar-refractivity contribution in [3.63, 3.8) is 0 Å². The van der Waals surface area contributed by atoms with E-state index >= 15 is 0 Å². The number of aromatic amines is 1. The Morgan fingerprint density at radius 3 is 3.00 bits per heavy atom. The van der Waals surface area contributed by atoms with Crippen LogP contribution in [0.2, 0.25) is 0 Å². The van der Waals surface area contributed by atoms with E-state index in [9.17, 15) is 0 Å². The topological polar surface area (TPSA) is 78.6 Å². The molecule has 1 aliphatic rings. The van der Waals surface area contributed by atoms with Crippen molar-refractivity contribution in [3.8, 4) is 0 Å². The summed E-state index contributed by atoms with van der Waals surface area (Å²) < 4.78 is 0. The maximum Gasteiger partial charge on any atom is 0.0908 e. The average Bonchev–Trinajstić information content (AvgIpc) is 2.46. The van der Waals surface area contributed by atoms with Crippen molar-refractivity contribution in [2.75, 3.05) is 0 Å². The van der Waals surface area contributed by atoms with Crippen molar-refractivity contribution in [2.45, 2.75) is 38.0 Å². The summed E-state index contributed by atoms with van der Waals surface area (Å²) in [5.74, 6) is 0.935. The molecule has 76 valence electrons. The van der Waals surface area contributed by atoms with Gasteiger partial charge in [0.1, 0.15) is 0 Å². The Morgan fingerprint density at radius 1 is 1.64 bits per heavy atom. The van der Waals surface area contributed by atoms with Gasteiger partial charge in [-0.05, 0) is 24.8 Å². The lowest BCUT2D eigenvalue weighted by Crippen LogP contribution is -2.13. The first-order valence-corrected chi connectivity index (χ1v) is 5.12. The smallest absolute Gasteiger partial charge is 0.0908 e. The molecule has 4 nitrogen and oxygen atoms in total. The van der Waals surface area contributed by atoms with Crippen LogP contribution in [0.5, 0.6) is 0 Å². The van der Waals surface area contributed by atoms with Gasteiger partial charge in [0.15, 0.2) is 0 Å². The maximum atomic E-state index is 7.18. The van der Waals surface area contributed by atoms with Gasteiger partial charge in [0, 0.05) is 18.0 Å². The molecule has 1 aliphatic carbocycles. The van der Waals surface area contributed by atoms with Crippen LogP contribution >= 0.6 is 0 Å². The molecule has 2 rings (SSSR count). The Balaban J connectivity index is 2.01. The Morgan fingerprint density at radius 2 is 2.43 bits per heavy atom. The van der Waals surface area contributed by atoms with Gasteiger partial charge in [-0.3, -0.25) is 10.5 Å². The predicted molar refractivity (Wildman–Crippen MR) is 55.4 cm³/mol. The Labute approximate surface area is 83.4 Å². The highest BCUT2D eigenvalue weighted by Crippen LogP contribution is 2.36. The van der Waals surface area contributed by atoms with E-state index in [1.165, 1.54) is 30.5 Å². The van der Waals surface area contributed by atoms with Crippen LogP contribution in [0.1, 0.15) is 42.9 Å². The number of hydrogen-bond donors (Lipinski definition) is 3. The van der Waals surface area contributed by atoms with Crippen LogP contribution in [-0.4, -0.2) is 16.0 Å². The molecule has 4 heteroatoms. The summed E-state index contributed by atoms with van der Waals surface area (Å²) in [5.41, 5.74) is 7.85. The van der Waals surface area contributed by atoms with Crippen molar-refractivity contribution >= 4 is 5.84 Å². The molecule has 14 heavy (non-hydrogen) atoms. The van der Waals surface area contributed by atoms with Crippen LogP contribution < -0.4 is 5.73 Å². The van der Waals surface area contributed by atoms with Crippen LogP contribution in [0.4, 0.5) is 0 Å². The number of aromatic nitrogens is 2. The molecule has 0 amide bonds. The molecule has 0 bridgehead atoms. The molecule has 0 saturated heterocycles. The summed E-state index contributed by atoms with van der Waals surface area (Å²) in [6.45, 7) is 0. The van der Waals surface area contributed by atoms with Crippen LogP contribution in [0.25, 0.3) is 0 Å². The van der Waals surface area contributed by atoms with E-state index in [2.05, 4.69) is 10.2 Å². The first-order chi connectivity index (χ1) is 6.77. The second-order valence-electron chi connectivity index (χ2n) is 3.96. The normalized spacial score (nSPS) is 16.6. The zero-order chi connectivity index (χ0) is 9.97. The number of hydrogen-bond acceptors (Lipinski definition) is 2. The Kier molecular flexibility index (Phi) is 2.52. The number of nitrogens with zero attached hydrogens (tertiary/aromatic N) is 1. The van der Waals surface area contributed by atoms with Crippen molar-refractivity contribution in [1.82, 2.24) is 10.2 Å². The Hall–Kier alpha value is -1.32. The SMILES string of the molecule is N=C(N)CCc1cn[nH]c1C1CCC1. The third-order valence-corrected chi connectivity index (χ3v) is 2.93. The van der Waals surface area contributed by atoms with Gasteiger partial charge < -0.3 is 5.73 Å². The number of nitrogens with one attached hydrogen (secondary N) is 2. The van der Waals surface area contributed by atoms with Crippen molar-refractivity contribution in [3.05, 3.63) is 17.5 Å². The highest BCUT2D eigenvalue weighted by Gasteiger charge is 2.23. The van der Waals surface area contributed by atoms with Crippen LogP contribution in [0.15, 0.2) is 6.20 Å². The van der Waals surface area contributed by atoms with Crippen LogP contribution in [0, 0.1) is 5.41 Å². The largest absolute Gasteiger partial charge is 0.388 e. The van der Waals surface area contributed by atoms with E-state index < -0.39 is 0 Å². The lowest BCUT2D eigenvalue weighted by molar-refractivity contribution is 0.408. The van der Waals surface area contributed by atoms with Gasteiger partial charge in [-0.1, -0.05) is 6.42 Å². The second-order valence-corrected chi connectivity index (χ2v) is 3.96. The van der Waals surface area contributed by atoms with Gasteiger partial charge in [-0.25, -0.2) is 0 Å². The minimum Gasteiger partial charge on any atom is -0.388 e. The molecule has 1 saturated carbocycles. The lowest BCUT2D eigenvalue weighted by atomic mass is 9.81. The molecule has 1 fully saturated rings. The minimum atomic E-state index is 0.255. The zero-order valence-corrected chi connectivity index (χ0v) is 8.21. The molecule has 4 N–H and O–H groups in total. The van der Waals surface area contributed by atoms with Gasteiger partial charge in [0.25, 0.3) is 0 Å². The summed E-state index contributed by atoms with van der Waals surface area (Å²) in [6.07, 6.45) is 7.23. The van der Waals surface area contributed by atoms with E-state index in [0.29, 0.717) is 12.3 Å². The molecule has 0 radical (unpaired) electrons. The fraction of sp³-hybridized carbons (Fsp3) is 0.600. The predicted octanol–water partition coefficient (Wildman–Crippen LogP) is 1.55. The molecular weight excluding hydrogens is 176 g/mol. The molecule has 1 heterocycles. The van der Waals surface area contributed by atoms with Crippen molar-refractivity contribution < 1.29 is 0 Å². The molecule has 0 atom stereocenters. The maximum absolute atomic E-state index is 7.18. The number of rotatable bonds is 4. The molecule has 1 aromatic heterocycles. The molecular formula is C10H16N4. The zero-order valence-electron chi connectivity index (χ0n) is 8.21. The fourth-order valence-electron chi connectivity index (χ4n) is 1.84. The summed E-state index contributed by atoms with van der Waals surface area (Å²) in [4.78, 5) is 0. The van der Waals surface area contributed by atoms with Gasteiger partial charge in [-0.15, -0.1) is 0 Å². The first-order valence-electron chi connectivity index (χ1n) is 5.12. The average molecular weight is 192 g/mol. The first kappa shape index (κ1) is 9.24. The monoisotopic (exact) mass is 192 g/mol. The lowest BCUT2D eigenvalue weighted by Gasteiger charge is -2.25. The van der Waals surface area contributed by atoms with Gasteiger partial charge in [0.2, 0.25) is 0 Å². The van der Waals surface area contributed by atoms with Crippen LogP contribution in [0.3, 0.4) is 0 Å². The minimum absolute atomic E-state index is 0.255. The van der Waals surface area contributed by atoms with Gasteiger partial charge in [-0.2, -0.15) is 5.10 Å². The number of amidine groups is 1. The van der Waals surface area contributed by atoms with E-state index in [4.69, 9.17) is 11.1 Å². The summed E-state index contributed by atoms with van der Waals surface area (Å²) in [7, 11) is 0. The van der Waals surface area contributed by atoms with Gasteiger partial charge in [0.05, 0.1) is 12.0 Å². The van der Waals surface area contributed by atoms with E-state index in [1.54, 1.807) is 0 Å². The number of nitrogens with two attached hydrogens (primary N) is 1. The summed E-state index contributed by atoms with van der Waals surface area (Å²) in [5, 5.41) is 14.3. The van der Waals surface area contributed by atoms with Gasteiger partial charge >= 0.3 is 0 Å². The Bertz CT molecular complexity index is 325. The highest BCUT2D eigenvalue weighted by atomic mass is 15.1. The molecule has 0 aromatic carbocycles. The standard InChI is InChI=1S/C10H16N4/c11-9(12)5-4-8-6-13-14-10(8)7-2-1-3-7/h6-7H,1-5H2,(H3,11,12)(H,13,14). The third kappa shape index (κ3) is 1.78. The molecule has 0 aliphatic heterocycles. The molecule has 0 spiro atoms. The van der Waals surface area contributed by atoms with Crippen LogP contribution in [-0.2, 0) is 6.42 Å². The highest BCUT2D eigenvalue weighted by molar-refractivity contribution is 5.77. The molecule has 0 unspecified atom stereocenters. The molecule has 1 aromatic rings. The van der Waals surface area contributed by atoms with E-state index in [-0.39, 0.29) is 5.84 Å². The quantitative estimate of drug-likeness (QED) is 0.500. The second kappa shape index (κ2) is 3.82. The third-order valence-electron chi connectivity index (χ3n) is 2.93. The van der Waals surface area contributed by atoms with E-state index in [0.717, 1.165) is 6.42 Å². The van der Waals surface area contributed by atoms with Crippen molar-refractivity contribution in [2.24, 2.45) is 5.73 Å². The number of H-pyrrole nitrogens is 1.